The van der Waals surface area contributed by atoms with Crippen molar-refractivity contribution in [3.05, 3.63) is 28.8 Å². The second-order valence-electron chi connectivity index (χ2n) is 6.30. The van der Waals surface area contributed by atoms with E-state index in [9.17, 15) is 24.5 Å². The first-order valence-corrected chi connectivity index (χ1v) is 9.16. The van der Waals surface area contributed by atoms with Crippen LogP contribution >= 0.6 is 0 Å². The molecule has 29 heavy (non-hydrogen) atoms. The number of hydrogen-bond acceptors (Lipinski definition) is 7. The van der Waals surface area contributed by atoms with Gasteiger partial charge in [-0.3, -0.25) is 15.0 Å². The van der Waals surface area contributed by atoms with E-state index in [1.165, 1.54) is 0 Å². The molecule has 2 amide bonds. The predicted octanol–water partition coefficient (Wildman–Crippen LogP) is 0.000460. The van der Waals surface area contributed by atoms with Crippen molar-refractivity contribution in [2.24, 2.45) is 5.92 Å². The molecule has 0 bridgehead atoms. The van der Waals surface area contributed by atoms with Crippen molar-refractivity contribution in [3.8, 4) is 0 Å². The lowest BCUT2D eigenvalue weighted by Gasteiger charge is -2.18. The minimum absolute atomic E-state index is 0.174. The number of nitro groups is 1. The summed E-state index contributed by atoms with van der Waals surface area (Å²) >= 11 is 0. The van der Waals surface area contributed by atoms with Crippen molar-refractivity contribution in [2.75, 3.05) is 13.2 Å². The highest BCUT2D eigenvalue weighted by molar-refractivity contribution is 5.97. The average Bonchev–Trinajstić information content (AvgIpc) is 2.61. The summed E-state index contributed by atoms with van der Waals surface area (Å²) in [6, 6.07) is -0.891. The molecule has 1 radical (unpaired) electrons. The van der Waals surface area contributed by atoms with Crippen molar-refractivity contribution in [2.45, 2.75) is 46.1 Å². The third-order valence-corrected chi connectivity index (χ3v) is 3.30. The Morgan fingerprint density at radius 1 is 1.24 bits per heavy atom. The lowest BCUT2D eigenvalue weighted by molar-refractivity contribution is -0.525. The van der Waals surface area contributed by atoms with Gasteiger partial charge in [0, 0.05) is 25.2 Å². The van der Waals surface area contributed by atoms with Crippen molar-refractivity contribution in [1.82, 2.24) is 21.4 Å². The van der Waals surface area contributed by atoms with Gasteiger partial charge in [0.2, 0.25) is 11.8 Å². The van der Waals surface area contributed by atoms with Crippen LogP contribution < -0.4 is 21.4 Å². The standard InChI is InChI=1S/C17H29N6O6/c1-4-29-15(25)8-7-14(24)21-13(16(26)19-11-9-12(2)3)6-5-10-20-17(18)22-23(27)28/h7-8,11-13H,4-6,9-10H2,1-3H3,(H,19,26)(H,21,24)(H3,18,20,22)/b8-7+/t13-/m0/s1. The number of hydrogen-bond donors (Lipinski definition) is 5. The molecule has 0 spiro atoms. The maximum absolute atomic E-state index is 12.3. The first-order valence-electron chi connectivity index (χ1n) is 9.16. The van der Waals surface area contributed by atoms with E-state index in [2.05, 4.69) is 20.7 Å². The number of esters is 1. The molecule has 5 N–H and O–H groups in total. The van der Waals surface area contributed by atoms with Gasteiger partial charge in [-0.25, -0.2) is 14.9 Å². The molecule has 0 saturated heterocycles. The van der Waals surface area contributed by atoms with Gasteiger partial charge >= 0.3 is 5.97 Å². The Labute approximate surface area is 169 Å². The zero-order chi connectivity index (χ0) is 22.2. The molecule has 0 fully saturated rings. The van der Waals surface area contributed by atoms with Gasteiger partial charge in [-0.15, -0.1) is 0 Å². The van der Waals surface area contributed by atoms with E-state index in [-0.39, 0.29) is 19.6 Å². The summed E-state index contributed by atoms with van der Waals surface area (Å²) in [5.41, 5.74) is 1.65. The molecule has 0 aliphatic rings. The Hall–Kier alpha value is -3.18. The summed E-state index contributed by atoms with van der Waals surface area (Å²) in [7, 11) is 0. The van der Waals surface area contributed by atoms with Crippen LogP contribution in [-0.2, 0) is 19.1 Å². The molecule has 163 valence electrons. The molecule has 0 heterocycles. The van der Waals surface area contributed by atoms with Crippen LogP contribution in [0.1, 0.15) is 40.0 Å². The Morgan fingerprint density at radius 3 is 2.52 bits per heavy atom. The topological polar surface area (TPSA) is 176 Å². The number of carbonyl (C=O) groups excluding carboxylic acids is 3. The normalized spacial score (nSPS) is 11.6. The summed E-state index contributed by atoms with van der Waals surface area (Å²) in [4.78, 5) is 45.8. The molecule has 1 atom stereocenters. The van der Waals surface area contributed by atoms with Gasteiger partial charge in [-0.2, -0.15) is 0 Å². The first kappa shape index (κ1) is 25.8. The summed E-state index contributed by atoms with van der Waals surface area (Å²) in [6.45, 7) is 7.57. The van der Waals surface area contributed by atoms with Gasteiger partial charge in [0.15, 0.2) is 5.03 Å². The number of ether oxygens (including phenoxy) is 1. The fraction of sp³-hybridized carbons (Fsp3) is 0.588. The van der Waals surface area contributed by atoms with E-state index in [4.69, 9.17) is 5.41 Å². The summed E-state index contributed by atoms with van der Waals surface area (Å²) in [5.74, 6) is -1.88. The van der Waals surface area contributed by atoms with Crippen LogP contribution in [0, 0.1) is 28.0 Å². The van der Waals surface area contributed by atoms with Gasteiger partial charge in [0.25, 0.3) is 5.96 Å². The van der Waals surface area contributed by atoms with Gasteiger partial charge in [0.1, 0.15) is 6.04 Å². The smallest absolute Gasteiger partial charge is 0.330 e. The second kappa shape index (κ2) is 14.8. The molecule has 0 aromatic rings. The average molecular weight is 413 g/mol. The first-order chi connectivity index (χ1) is 13.6. The van der Waals surface area contributed by atoms with Crippen LogP contribution in [-0.4, -0.2) is 48.0 Å². The third kappa shape index (κ3) is 14.5. The van der Waals surface area contributed by atoms with E-state index in [0.717, 1.165) is 12.2 Å². The minimum Gasteiger partial charge on any atom is -0.463 e. The molecule has 0 rings (SSSR count). The number of nitrogens with one attached hydrogen (secondary N) is 5. The molecular weight excluding hydrogens is 384 g/mol. The van der Waals surface area contributed by atoms with Gasteiger partial charge in [-0.05, 0) is 32.1 Å². The van der Waals surface area contributed by atoms with Crippen LogP contribution in [0.5, 0.6) is 0 Å². The van der Waals surface area contributed by atoms with Crippen molar-refractivity contribution in [3.63, 3.8) is 0 Å². The van der Waals surface area contributed by atoms with E-state index in [1.54, 1.807) is 18.9 Å². The zero-order valence-corrected chi connectivity index (χ0v) is 16.8. The molecule has 12 heteroatoms. The van der Waals surface area contributed by atoms with Crippen molar-refractivity contribution in [1.29, 1.82) is 5.41 Å². The molecule has 0 aromatic heterocycles. The number of rotatable bonds is 13. The number of hydrazine groups is 1. The Bertz CT molecular complexity index is 607. The quantitative estimate of drug-likeness (QED) is 0.0533. The van der Waals surface area contributed by atoms with Crippen LogP contribution in [0.3, 0.4) is 0 Å². The van der Waals surface area contributed by atoms with Crippen LogP contribution in [0.25, 0.3) is 0 Å². The number of amides is 2. The van der Waals surface area contributed by atoms with Gasteiger partial charge < -0.3 is 20.7 Å². The SMILES string of the molecule is CCOC(=O)/C=C/C(=O)N[C@@H](CCCNC(=N)N[N+](=O)[O-])C(=O)N[CH]CC(C)C. The summed E-state index contributed by atoms with van der Waals surface area (Å²) in [5, 5.41) is 24.3. The Kier molecular flexibility index (Phi) is 13.2. The summed E-state index contributed by atoms with van der Waals surface area (Å²) in [6.07, 6.45) is 3.14. The minimum atomic E-state index is -0.891. The number of carbonyl (C=O) groups is 3. The lowest BCUT2D eigenvalue weighted by atomic mass is 10.1. The predicted molar refractivity (Wildman–Crippen MR) is 105 cm³/mol. The maximum atomic E-state index is 12.3. The van der Waals surface area contributed by atoms with E-state index < -0.39 is 34.8 Å². The fourth-order valence-corrected chi connectivity index (χ4v) is 1.97. The van der Waals surface area contributed by atoms with E-state index >= 15 is 0 Å². The number of nitrogens with zero attached hydrogens (tertiary/aromatic N) is 1. The van der Waals surface area contributed by atoms with Crippen molar-refractivity contribution >= 4 is 23.7 Å². The Balaban J connectivity index is 4.68. The van der Waals surface area contributed by atoms with Crippen LogP contribution in [0.15, 0.2) is 12.2 Å². The van der Waals surface area contributed by atoms with Gasteiger partial charge in [-0.1, -0.05) is 19.3 Å². The Morgan fingerprint density at radius 2 is 1.93 bits per heavy atom. The highest BCUT2D eigenvalue weighted by Crippen LogP contribution is 2.02. The monoisotopic (exact) mass is 413 g/mol. The largest absolute Gasteiger partial charge is 0.463 e. The molecule has 0 aliphatic heterocycles. The second-order valence-corrected chi connectivity index (χ2v) is 6.30. The maximum Gasteiger partial charge on any atom is 0.330 e. The zero-order valence-electron chi connectivity index (χ0n) is 16.8. The molecule has 12 nitrogen and oxygen atoms in total. The molecule has 0 unspecified atom stereocenters. The summed E-state index contributed by atoms with van der Waals surface area (Å²) < 4.78 is 4.68. The van der Waals surface area contributed by atoms with E-state index in [0.29, 0.717) is 18.8 Å². The van der Waals surface area contributed by atoms with E-state index in [1.807, 2.05) is 13.8 Å². The fourth-order valence-electron chi connectivity index (χ4n) is 1.97. The van der Waals surface area contributed by atoms with Crippen LogP contribution in [0.4, 0.5) is 0 Å². The molecule has 0 saturated carbocycles. The molecular formula is C17H29N6O6. The molecule has 0 aliphatic carbocycles. The van der Waals surface area contributed by atoms with Crippen molar-refractivity contribution < 1.29 is 24.2 Å². The molecule has 0 aromatic carbocycles. The lowest BCUT2D eigenvalue weighted by Crippen LogP contribution is -2.46. The third-order valence-electron chi connectivity index (χ3n) is 3.30. The van der Waals surface area contributed by atoms with Crippen LogP contribution in [0.2, 0.25) is 0 Å². The van der Waals surface area contributed by atoms with Gasteiger partial charge in [0.05, 0.1) is 6.61 Å². The number of guanidine groups is 1. The highest BCUT2D eigenvalue weighted by atomic mass is 16.7. The highest BCUT2D eigenvalue weighted by Gasteiger charge is 2.19.